The molecule has 0 fully saturated rings. The van der Waals surface area contributed by atoms with Crippen LogP contribution in [0.15, 0.2) is 47.1 Å². The van der Waals surface area contributed by atoms with Crippen LogP contribution < -0.4 is 5.32 Å². The van der Waals surface area contributed by atoms with Gasteiger partial charge in [0.15, 0.2) is 0 Å². The van der Waals surface area contributed by atoms with Crippen LogP contribution in [-0.2, 0) is 13.0 Å². The smallest absolute Gasteiger partial charge is 0.346 e. The lowest BCUT2D eigenvalue weighted by molar-refractivity contribution is 0.0701. The zero-order chi connectivity index (χ0) is 14.7. The predicted molar refractivity (Wildman–Crippen MR) is 82.9 cm³/mol. The standard InChI is InChI=1S/C16H15NO3S/c18-16(19)15-13(12-5-1-2-6-14(12)21-15)10-17-8-7-11-4-3-9-20-11/h1-6,9,17H,7-8,10H2,(H,18,19). The number of hydrogen-bond donors (Lipinski definition) is 2. The summed E-state index contributed by atoms with van der Waals surface area (Å²) in [4.78, 5) is 11.8. The number of aromatic carboxylic acids is 1. The summed E-state index contributed by atoms with van der Waals surface area (Å²) in [6.45, 7) is 1.29. The third-order valence-electron chi connectivity index (χ3n) is 3.32. The van der Waals surface area contributed by atoms with Crippen molar-refractivity contribution >= 4 is 27.4 Å². The number of carboxylic acid groups (broad SMARTS) is 1. The quantitative estimate of drug-likeness (QED) is 0.684. The van der Waals surface area contributed by atoms with E-state index in [0.29, 0.717) is 11.4 Å². The Kier molecular flexibility index (Phi) is 4.03. The van der Waals surface area contributed by atoms with Crippen LogP contribution in [0.5, 0.6) is 0 Å². The minimum absolute atomic E-state index is 0.418. The number of nitrogens with one attached hydrogen (secondary N) is 1. The molecule has 2 aromatic heterocycles. The molecular weight excluding hydrogens is 286 g/mol. The van der Waals surface area contributed by atoms with Gasteiger partial charge < -0.3 is 14.8 Å². The Bertz CT molecular complexity index is 746. The van der Waals surface area contributed by atoms with Crippen LogP contribution in [0.1, 0.15) is 21.0 Å². The van der Waals surface area contributed by atoms with Crippen molar-refractivity contribution in [1.82, 2.24) is 5.32 Å². The van der Waals surface area contributed by atoms with Crippen LogP contribution in [0.4, 0.5) is 0 Å². The molecule has 0 aliphatic rings. The molecule has 21 heavy (non-hydrogen) atoms. The number of fused-ring (bicyclic) bond motifs is 1. The number of benzene rings is 1. The number of hydrogen-bond acceptors (Lipinski definition) is 4. The molecule has 0 unspecified atom stereocenters. The van der Waals surface area contributed by atoms with Gasteiger partial charge in [0.2, 0.25) is 0 Å². The SMILES string of the molecule is O=C(O)c1sc2ccccc2c1CNCCc1ccco1. The largest absolute Gasteiger partial charge is 0.477 e. The molecule has 2 heterocycles. The zero-order valence-corrected chi connectivity index (χ0v) is 12.2. The van der Waals surface area contributed by atoms with E-state index < -0.39 is 5.97 Å². The summed E-state index contributed by atoms with van der Waals surface area (Å²) in [5.41, 5.74) is 0.863. The molecule has 0 saturated carbocycles. The molecule has 0 radical (unpaired) electrons. The normalized spacial score (nSPS) is 11.0. The predicted octanol–water partition coefficient (Wildman–Crippen LogP) is 3.52. The van der Waals surface area contributed by atoms with Crippen molar-refractivity contribution in [3.05, 3.63) is 58.9 Å². The van der Waals surface area contributed by atoms with Crippen molar-refractivity contribution in [3.8, 4) is 0 Å². The van der Waals surface area contributed by atoms with Crippen LogP contribution in [0.25, 0.3) is 10.1 Å². The third kappa shape index (κ3) is 2.99. The van der Waals surface area contributed by atoms with Crippen molar-refractivity contribution < 1.29 is 14.3 Å². The lowest BCUT2D eigenvalue weighted by Gasteiger charge is -2.04. The molecular formula is C16H15NO3S. The van der Waals surface area contributed by atoms with E-state index in [1.54, 1.807) is 6.26 Å². The molecule has 108 valence electrons. The van der Waals surface area contributed by atoms with E-state index in [-0.39, 0.29) is 0 Å². The lowest BCUT2D eigenvalue weighted by Crippen LogP contribution is -2.17. The molecule has 0 aliphatic heterocycles. The summed E-state index contributed by atoms with van der Waals surface area (Å²) >= 11 is 1.33. The van der Waals surface area contributed by atoms with E-state index in [9.17, 15) is 9.90 Å². The second kappa shape index (κ2) is 6.11. The van der Waals surface area contributed by atoms with Gasteiger partial charge in [-0.1, -0.05) is 18.2 Å². The number of thiophene rings is 1. The van der Waals surface area contributed by atoms with Crippen LogP contribution in [0, 0.1) is 0 Å². The highest BCUT2D eigenvalue weighted by Crippen LogP contribution is 2.31. The average Bonchev–Trinajstić information content (AvgIpc) is 3.11. The highest BCUT2D eigenvalue weighted by molar-refractivity contribution is 7.21. The first kappa shape index (κ1) is 13.9. The van der Waals surface area contributed by atoms with E-state index in [1.807, 2.05) is 36.4 Å². The maximum absolute atomic E-state index is 11.4. The summed E-state index contributed by atoms with van der Waals surface area (Å²) in [7, 11) is 0. The van der Waals surface area contributed by atoms with Gasteiger partial charge in [-0.2, -0.15) is 0 Å². The van der Waals surface area contributed by atoms with Gasteiger partial charge in [0, 0.05) is 24.2 Å². The Morgan fingerprint density at radius 1 is 1.24 bits per heavy atom. The first-order valence-electron chi connectivity index (χ1n) is 6.72. The van der Waals surface area contributed by atoms with E-state index in [4.69, 9.17) is 4.42 Å². The molecule has 0 amide bonds. The average molecular weight is 301 g/mol. The van der Waals surface area contributed by atoms with Gasteiger partial charge >= 0.3 is 5.97 Å². The van der Waals surface area contributed by atoms with Crippen molar-refractivity contribution in [2.75, 3.05) is 6.54 Å². The Morgan fingerprint density at radius 3 is 2.86 bits per heavy atom. The molecule has 0 bridgehead atoms. The highest BCUT2D eigenvalue weighted by Gasteiger charge is 2.16. The number of rotatable bonds is 6. The number of carboxylic acids is 1. The molecule has 3 aromatic rings. The summed E-state index contributed by atoms with van der Waals surface area (Å²) < 4.78 is 6.28. The summed E-state index contributed by atoms with van der Waals surface area (Å²) in [5.74, 6) is 0.0650. The zero-order valence-electron chi connectivity index (χ0n) is 11.3. The van der Waals surface area contributed by atoms with Crippen molar-refractivity contribution in [3.63, 3.8) is 0 Å². The number of carbonyl (C=O) groups is 1. The Morgan fingerprint density at radius 2 is 2.10 bits per heavy atom. The second-order valence-electron chi connectivity index (χ2n) is 4.72. The van der Waals surface area contributed by atoms with E-state index in [2.05, 4.69) is 5.32 Å². The monoisotopic (exact) mass is 301 g/mol. The first-order chi connectivity index (χ1) is 10.3. The van der Waals surface area contributed by atoms with Crippen molar-refractivity contribution in [2.24, 2.45) is 0 Å². The minimum atomic E-state index is -0.862. The van der Waals surface area contributed by atoms with Crippen molar-refractivity contribution in [1.29, 1.82) is 0 Å². The van der Waals surface area contributed by atoms with Gasteiger partial charge in [-0.05, 0) is 29.1 Å². The second-order valence-corrected chi connectivity index (χ2v) is 5.77. The Balaban J connectivity index is 1.73. The Labute approximate surface area is 126 Å². The number of furan rings is 1. The van der Waals surface area contributed by atoms with Gasteiger partial charge in [0.1, 0.15) is 10.6 Å². The molecule has 1 aromatic carbocycles. The molecule has 4 nitrogen and oxygen atoms in total. The van der Waals surface area contributed by atoms with Gasteiger partial charge in [-0.3, -0.25) is 0 Å². The van der Waals surface area contributed by atoms with E-state index in [1.165, 1.54) is 11.3 Å². The fraction of sp³-hybridized carbons (Fsp3) is 0.188. The fourth-order valence-corrected chi connectivity index (χ4v) is 3.39. The topological polar surface area (TPSA) is 62.5 Å². The van der Waals surface area contributed by atoms with Gasteiger partial charge in [0.25, 0.3) is 0 Å². The molecule has 0 spiro atoms. The molecule has 0 atom stereocenters. The first-order valence-corrected chi connectivity index (χ1v) is 7.54. The van der Waals surface area contributed by atoms with Crippen molar-refractivity contribution in [2.45, 2.75) is 13.0 Å². The third-order valence-corrected chi connectivity index (χ3v) is 4.52. The fourth-order valence-electron chi connectivity index (χ4n) is 2.33. The van der Waals surface area contributed by atoms with Gasteiger partial charge in [0.05, 0.1) is 6.26 Å². The molecule has 0 aliphatic carbocycles. The summed E-state index contributed by atoms with van der Waals surface area (Å²) in [6.07, 6.45) is 2.45. The molecule has 0 saturated heterocycles. The maximum Gasteiger partial charge on any atom is 0.346 e. The Hall–Kier alpha value is -2.11. The molecule has 5 heteroatoms. The van der Waals surface area contributed by atoms with Gasteiger partial charge in [-0.25, -0.2) is 4.79 Å². The van der Waals surface area contributed by atoms with Crippen LogP contribution in [0.2, 0.25) is 0 Å². The van der Waals surface area contributed by atoms with Crippen LogP contribution >= 0.6 is 11.3 Å². The minimum Gasteiger partial charge on any atom is -0.477 e. The summed E-state index contributed by atoms with van der Waals surface area (Å²) in [6, 6.07) is 11.6. The van der Waals surface area contributed by atoms with E-state index >= 15 is 0 Å². The van der Waals surface area contributed by atoms with Crippen LogP contribution in [0.3, 0.4) is 0 Å². The highest BCUT2D eigenvalue weighted by atomic mass is 32.1. The lowest BCUT2D eigenvalue weighted by atomic mass is 10.1. The van der Waals surface area contributed by atoms with Gasteiger partial charge in [-0.15, -0.1) is 11.3 Å². The molecule has 2 N–H and O–H groups in total. The van der Waals surface area contributed by atoms with Crippen LogP contribution in [-0.4, -0.2) is 17.6 Å². The molecule has 3 rings (SSSR count). The maximum atomic E-state index is 11.4. The van der Waals surface area contributed by atoms with E-state index in [0.717, 1.165) is 34.4 Å². The summed E-state index contributed by atoms with van der Waals surface area (Å²) in [5, 5.41) is 13.7.